The summed E-state index contributed by atoms with van der Waals surface area (Å²) in [6, 6.07) is 9.83. The Hall–Kier alpha value is -1.36. The molecule has 1 aliphatic heterocycles. The first-order chi connectivity index (χ1) is 9.76. The molecule has 1 N–H and O–H groups in total. The van der Waals surface area contributed by atoms with E-state index in [0.717, 1.165) is 43.7 Å². The number of rotatable bonds is 4. The molecule has 1 aliphatic rings. The lowest BCUT2D eigenvalue weighted by molar-refractivity contribution is 0.0642. The number of para-hydroxylation sites is 1. The second kappa shape index (κ2) is 5.95. The Bertz CT molecular complexity index is 525. The van der Waals surface area contributed by atoms with Crippen molar-refractivity contribution in [2.45, 2.75) is 13.0 Å². The lowest BCUT2D eigenvalue weighted by Gasteiger charge is -2.34. The Morgan fingerprint density at radius 2 is 1.85 bits per heavy atom. The van der Waals surface area contributed by atoms with E-state index in [0.29, 0.717) is 12.3 Å². The van der Waals surface area contributed by atoms with Gasteiger partial charge in [-0.05, 0) is 18.7 Å². The number of hydrogen-bond donors (Lipinski definition) is 1. The first-order valence-corrected chi connectivity index (χ1v) is 7.37. The summed E-state index contributed by atoms with van der Waals surface area (Å²) in [5, 5.41) is 11.4. The smallest absolute Gasteiger partial charge is 0.135 e. The fourth-order valence-corrected chi connectivity index (χ4v) is 2.79. The monoisotopic (exact) mass is 274 g/mol. The summed E-state index contributed by atoms with van der Waals surface area (Å²) < 4.78 is 5.73. The molecule has 0 bridgehead atoms. The molecule has 1 saturated heterocycles. The van der Waals surface area contributed by atoms with Gasteiger partial charge in [-0.1, -0.05) is 25.1 Å². The minimum absolute atomic E-state index is 0.546. The van der Waals surface area contributed by atoms with Gasteiger partial charge >= 0.3 is 0 Å². The molecule has 1 aromatic carbocycles. The number of benzene rings is 1. The van der Waals surface area contributed by atoms with Crippen molar-refractivity contribution in [2.75, 3.05) is 39.3 Å². The molecule has 2 heterocycles. The van der Waals surface area contributed by atoms with E-state index in [2.05, 4.69) is 16.7 Å². The van der Waals surface area contributed by atoms with Crippen LogP contribution in [-0.4, -0.2) is 54.2 Å². The minimum atomic E-state index is -0.546. The summed E-state index contributed by atoms with van der Waals surface area (Å²) in [7, 11) is 0. The highest BCUT2D eigenvalue weighted by atomic mass is 16.4. The number of likely N-dealkylation sites (N-methyl/N-ethyl adjacent to an activating group) is 1. The number of β-amino-alcohol motifs (C(OH)–C–C–N with tert-alkyl or cyclic N) is 1. The molecule has 1 aromatic heterocycles. The van der Waals surface area contributed by atoms with E-state index >= 15 is 0 Å². The lowest BCUT2D eigenvalue weighted by atomic mass is 10.2. The summed E-state index contributed by atoms with van der Waals surface area (Å²) in [6.07, 6.45) is -0.546. The second-order valence-corrected chi connectivity index (χ2v) is 5.44. The fraction of sp³-hybridized carbons (Fsp3) is 0.500. The Kier molecular flexibility index (Phi) is 4.05. The van der Waals surface area contributed by atoms with Crippen LogP contribution in [0.3, 0.4) is 0 Å². The third-order valence-electron chi connectivity index (χ3n) is 4.12. The van der Waals surface area contributed by atoms with Crippen molar-refractivity contribution in [2.24, 2.45) is 0 Å². The molecule has 4 heteroatoms. The van der Waals surface area contributed by atoms with Crippen LogP contribution in [0.5, 0.6) is 0 Å². The van der Waals surface area contributed by atoms with E-state index in [9.17, 15) is 5.11 Å². The first-order valence-electron chi connectivity index (χ1n) is 7.37. The van der Waals surface area contributed by atoms with E-state index in [4.69, 9.17) is 4.42 Å². The highest BCUT2D eigenvalue weighted by molar-refractivity contribution is 5.77. The summed E-state index contributed by atoms with van der Waals surface area (Å²) in [5.74, 6) is 0.670. The maximum Gasteiger partial charge on any atom is 0.135 e. The summed E-state index contributed by atoms with van der Waals surface area (Å²) in [5.41, 5.74) is 0.845. The molecule has 108 valence electrons. The predicted molar refractivity (Wildman–Crippen MR) is 79.7 cm³/mol. The third-order valence-corrected chi connectivity index (χ3v) is 4.12. The van der Waals surface area contributed by atoms with Gasteiger partial charge < -0.3 is 14.4 Å². The molecular formula is C16H22N2O2. The predicted octanol–water partition coefficient (Wildman–Crippen LogP) is 2.10. The molecule has 20 heavy (non-hydrogen) atoms. The van der Waals surface area contributed by atoms with Crippen LogP contribution in [-0.2, 0) is 0 Å². The van der Waals surface area contributed by atoms with Crippen molar-refractivity contribution in [3.05, 3.63) is 36.1 Å². The Morgan fingerprint density at radius 3 is 2.55 bits per heavy atom. The molecular weight excluding hydrogens is 252 g/mol. The molecule has 0 spiro atoms. The van der Waals surface area contributed by atoms with Gasteiger partial charge in [-0.2, -0.15) is 0 Å². The van der Waals surface area contributed by atoms with Crippen molar-refractivity contribution in [1.82, 2.24) is 9.80 Å². The van der Waals surface area contributed by atoms with Crippen LogP contribution in [0.25, 0.3) is 11.0 Å². The zero-order chi connectivity index (χ0) is 13.9. The van der Waals surface area contributed by atoms with Gasteiger partial charge in [-0.3, -0.25) is 4.90 Å². The molecule has 3 rings (SSSR count). The minimum Gasteiger partial charge on any atom is -0.458 e. The molecule has 0 unspecified atom stereocenters. The van der Waals surface area contributed by atoms with Crippen LogP contribution in [0.15, 0.2) is 34.7 Å². The number of nitrogens with zero attached hydrogens (tertiary/aromatic N) is 2. The number of hydrogen-bond acceptors (Lipinski definition) is 4. The van der Waals surface area contributed by atoms with E-state index < -0.39 is 6.10 Å². The largest absolute Gasteiger partial charge is 0.458 e. The fourth-order valence-electron chi connectivity index (χ4n) is 2.79. The standard InChI is InChI=1S/C16H22N2O2/c1-2-17-7-9-18(10-8-17)12-14(19)16-11-13-5-3-4-6-15(13)20-16/h3-6,11,14,19H,2,7-10,12H2,1H3/t14-/m1/s1. The molecule has 0 aliphatic carbocycles. The number of aliphatic hydroxyl groups excluding tert-OH is 1. The van der Waals surface area contributed by atoms with Gasteiger partial charge in [0.05, 0.1) is 0 Å². The van der Waals surface area contributed by atoms with Crippen LogP contribution < -0.4 is 0 Å². The van der Waals surface area contributed by atoms with Gasteiger partial charge in [0.1, 0.15) is 17.4 Å². The molecule has 0 saturated carbocycles. The average molecular weight is 274 g/mol. The molecule has 1 atom stereocenters. The Labute approximate surface area is 119 Å². The van der Waals surface area contributed by atoms with Gasteiger partial charge in [0.15, 0.2) is 0 Å². The van der Waals surface area contributed by atoms with Crippen LogP contribution >= 0.6 is 0 Å². The van der Waals surface area contributed by atoms with Crippen molar-refractivity contribution in [3.63, 3.8) is 0 Å². The molecule has 1 fully saturated rings. The molecule has 0 radical (unpaired) electrons. The maximum absolute atomic E-state index is 10.3. The zero-order valence-electron chi connectivity index (χ0n) is 12.0. The second-order valence-electron chi connectivity index (χ2n) is 5.44. The normalized spacial score (nSPS) is 19.5. The Morgan fingerprint density at radius 1 is 1.15 bits per heavy atom. The Balaban J connectivity index is 1.63. The van der Waals surface area contributed by atoms with Crippen molar-refractivity contribution >= 4 is 11.0 Å². The number of fused-ring (bicyclic) bond motifs is 1. The third kappa shape index (κ3) is 2.87. The highest BCUT2D eigenvalue weighted by Crippen LogP contribution is 2.24. The van der Waals surface area contributed by atoms with Crippen molar-refractivity contribution in [3.8, 4) is 0 Å². The molecule has 2 aromatic rings. The van der Waals surface area contributed by atoms with Gasteiger partial charge in [-0.15, -0.1) is 0 Å². The highest BCUT2D eigenvalue weighted by Gasteiger charge is 2.21. The van der Waals surface area contributed by atoms with Crippen LogP contribution in [0.1, 0.15) is 18.8 Å². The van der Waals surface area contributed by atoms with Crippen molar-refractivity contribution < 1.29 is 9.52 Å². The SMILES string of the molecule is CCN1CCN(C[C@@H](O)c2cc3ccccc3o2)CC1. The summed E-state index contributed by atoms with van der Waals surface area (Å²) in [4.78, 5) is 4.74. The first kappa shape index (κ1) is 13.6. The van der Waals surface area contributed by atoms with E-state index in [1.807, 2.05) is 30.3 Å². The van der Waals surface area contributed by atoms with Gasteiger partial charge in [-0.25, -0.2) is 0 Å². The zero-order valence-corrected chi connectivity index (χ0v) is 12.0. The number of aliphatic hydroxyl groups is 1. The van der Waals surface area contributed by atoms with E-state index in [1.165, 1.54) is 0 Å². The number of piperazine rings is 1. The van der Waals surface area contributed by atoms with Crippen LogP contribution in [0, 0.1) is 0 Å². The maximum atomic E-state index is 10.3. The number of furan rings is 1. The molecule has 4 nitrogen and oxygen atoms in total. The van der Waals surface area contributed by atoms with Gasteiger partial charge in [0.2, 0.25) is 0 Å². The quantitative estimate of drug-likeness (QED) is 0.927. The van der Waals surface area contributed by atoms with E-state index in [-0.39, 0.29) is 0 Å². The van der Waals surface area contributed by atoms with Crippen molar-refractivity contribution in [1.29, 1.82) is 0 Å². The average Bonchev–Trinajstić information content (AvgIpc) is 2.92. The van der Waals surface area contributed by atoms with Crippen LogP contribution in [0.2, 0.25) is 0 Å². The summed E-state index contributed by atoms with van der Waals surface area (Å²) in [6.45, 7) is 8.17. The summed E-state index contributed by atoms with van der Waals surface area (Å²) >= 11 is 0. The van der Waals surface area contributed by atoms with Crippen LogP contribution in [0.4, 0.5) is 0 Å². The van der Waals surface area contributed by atoms with Gasteiger partial charge in [0, 0.05) is 38.1 Å². The molecule has 0 amide bonds. The lowest BCUT2D eigenvalue weighted by Crippen LogP contribution is -2.47. The van der Waals surface area contributed by atoms with E-state index in [1.54, 1.807) is 0 Å². The van der Waals surface area contributed by atoms with Gasteiger partial charge in [0.25, 0.3) is 0 Å². The topological polar surface area (TPSA) is 39.9 Å².